The molecule has 5 nitrogen and oxygen atoms in total. The molecule has 11 heteroatoms. The zero-order chi connectivity index (χ0) is 12.3. The fraction of sp³-hybridized carbons (Fsp3) is 0.500. The molecule has 0 amide bonds. The normalized spacial score (nSPS) is 16.7. The van der Waals surface area contributed by atoms with Crippen LogP contribution >= 0.6 is 7.83 Å². The zero-order valence-electron chi connectivity index (χ0n) is 6.78. The molecule has 1 atom stereocenters. The lowest BCUT2D eigenvalue weighted by molar-refractivity contribution is -0.0443. The van der Waals surface area contributed by atoms with Crippen LogP contribution in [0.2, 0.25) is 0 Å². The van der Waals surface area contributed by atoms with Crippen LogP contribution in [0, 0.1) is 12.3 Å². The molecule has 1 unspecified atom stereocenters. The summed E-state index contributed by atoms with van der Waals surface area (Å²) in [5.41, 5.74) is -5.78. The second kappa shape index (κ2) is 4.49. The van der Waals surface area contributed by atoms with Gasteiger partial charge in [-0.05, 0) is 0 Å². The summed E-state index contributed by atoms with van der Waals surface area (Å²) in [6, 6.07) is 0. The van der Waals surface area contributed by atoms with Gasteiger partial charge in [-0.15, -0.1) is 15.1 Å². The first-order chi connectivity index (χ1) is 6.52. The van der Waals surface area contributed by atoms with E-state index in [0.717, 1.165) is 0 Å². The number of nitrogens with one attached hydrogen (secondary N) is 1. The van der Waals surface area contributed by atoms with Crippen LogP contribution in [-0.4, -0.2) is 20.5 Å². The van der Waals surface area contributed by atoms with E-state index in [1.165, 1.54) is 0 Å². The Balaban J connectivity index is 4.76. The summed E-state index contributed by atoms with van der Waals surface area (Å²) in [4.78, 5) is 0. The highest BCUT2D eigenvalue weighted by Crippen LogP contribution is 2.46. The number of hydrogen-bond donors (Lipinski definition) is 1. The van der Waals surface area contributed by atoms with Gasteiger partial charge in [0.15, 0.2) is 0 Å². The molecule has 0 heterocycles. The van der Waals surface area contributed by atoms with Gasteiger partial charge in [0.05, 0.1) is 0 Å². The highest BCUT2D eigenvalue weighted by molar-refractivity contribution is 7.95. The lowest BCUT2D eigenvalue weighted by atomic mass is 10.8. The Morgan fingerprint density at radius 2 is 1.93 bits per heavy atom. The summed E-state index contributed by atoms with van der Waals surface area (Å²) in [6.45, 7) is -0.936. The second-order valence-corrected chi connectivity index (χ2v) is 5.42. The van der Waals surface area contributed by atoms with Crippen molar-refractivity contribution in [2.24, 2.45) is 0 Å². The van der Waals surface area contributed by atoms with Gasteiger partial charge in [-0.25, -0.2) is 13.0 Å². The molecule has 0 aliphatic heterocycles. The minimum Gasteiger partial charge on any atom is -0.280 e. The van der Waals surface area contributed by atoms with Gasteiger partial charge in [-0.2, -0.15) is 13.2 Å². The molecule has 0 aromatic heterocycles. The summed E-state index contributed by atoms with van der Waals surface area (Å²) in [7, 11) is -11.7. The van der Waals surface area contributed by atoms with E-state index in [9.17, 15) is 30.4 Å². The van der Waals surface area contributed by atoms with E-state index >= 15 is 0 Å². The van der Waals surface area contributed by atoms with Gasteiger partial charge in [0.1, 0.15) is 6.61 Å². The Morgan fingerprint density at radius 1 is 1.47 bits per heavy atom. The lowest BCUT2D eigenvalue weighted by Gasteiger charge is -2.11. The van der Waals surface area contributed by atoms with Gasteiger partial charge in [-0.3, -0.25) is 4.52 Å². The van der Waals surface area contributed by atoms with Crippen molar-refractivity contribution in [3.8, 4) is 12.3 Å². The molecular weight excluding hydrogens is 265 g/mol. The Morgan fingerprint density at radius 3 is 2.27 bits per heavy atom. The minimum absolute atomic E-state index is 0.226. The number of sulfonamides is 1. The molecule has 0 spiro atoms. The topological polar surface area (TPSA) is 72.5 Å². The van der Waals surface area contributed by atoms with E-state index in [0.29, 0.717) is 0 Å². The van der Waals surface area contributed by atoms with Crippen molar-refractivity contribution < 1.29 is 34.9 Å². The molecule has 15 heavy (non-hydrogen) atoms. The van der Waals surface area contributed by atoms with E-state index in [1.807, 2.05) is 0 Å². The number of hydrogen-bond acceptors (Lipinski definition) is 4. The highest BCUT2D eigenvalue weighted by Gasteiger charge is 2.50. The summed E-state index contributed by atoms with van der Waals surface area (Å²) in [5, 5.41) is 0. The molecule has 0 saturated carbocycles. The maximum atomic E-state index is 12.6. The first-order valence-corrected chi connectivity index (χ1v) is 6.00. The first kappa shape index (κ1) is 14.4. The van der Waals surface area contributed by atoms with Crippen LogP contribution in [0.15, 0.2) is 0 Å². The molecule has 0 saturated heterocycles. The van der Waals surface area contributed by atoms with Crippen molar-refractivity contribution in [1.82, 2.24) is 4.49 Å². The first-order valence-electron chi connectivity index (χ1n) is 3.00. The maximum Gasteiger partial charge on any atom is 0.512 e. The fourth-order valence-corrected chi connectivity index (χ4v) is 2.36. The fourth-order valence-electron chi connectivity index (χ4n) is 0.342. The number of alkyl halides is 3. The second-order valence-electron chi connectivity index (χ2n) is 2.00. The predicted molar refractivity (Wildman–Crippen MR) is 41.6 cm³/mol. The van der Waals surface area contributed by atoms with Crippen molar-refractivity contribution in [3.05, 3.63) is 0 Å². The zero-order valence-corrected chi connectivity index (χ0v) is 8.50. The van der Waals surface area contributed by atoms with Crippen molar-refractivity contribution in [1.29, 1.82) is 0 Å². The molecule has 0 aliphatic carbocycles. The number of terminal acetylenes is 1. The third-order valence-electron chi connectivity index (χ3n) is 0.848. The van der Waals surface area contributed by atoms with Crippen LogP contribution < -0.4 is 4.49 Å². The van der Waals surface area contributed by atoms with Crippen LogP contribution in [0.5, 0.6) is 0 Å². The Bertz CT molecular complexity index is 409. The van der Waals surface area contributed by atoms with Crippen LogP contribution in [0.3, 0.4) is 0 Å². The Kier molecular flexibility index (Phi) is 4.30. The minimum atomic E-state index is -6.07. The number of halogens is 4. The van der Waals surface area contributed by atoms with E-state index < -0.39 is 30.0 Å². The molecule has 0 fully saturated rings. The van der Waals surface area contributed by atoms with Crippen molar-refractivity contribution in [2.75, 3.05) is 6.61 Å². The Hall–Kier alpha value is -0.620. The van der Waals surface area contributed by atoms with E-state index in [4.69, 9.17) is 0 Å². The molecule has 0 radical (unpaired) electrons. The van der Waals surface area contributed by atoms with Gasteiger partial charge >= 0.3 is 23.4 Å². The molecule has 0 aromatic carbocycles. The van der Waals surface area contributed by atoms with E-state index in [-0.39, 0.29) is 4.49 Å². The van der Waals surface area contributed by atoms with Crippen LogP contribution in [0.4, 0.5) is 17.4 Å². The van der Waals surface area contributed by atoms with Gasteiger partial charge in [-0.1, -0.05) is 5.92 Å². The predicted octanol–water partition coefficient (Wildman–Crippen LogP) is 1.15. The molecule has 0 rings (SSSR count). The standard InChI is InChI=1S/C4H4F4NO4PS/c1-2-3-13-14(8,10)9-15(11,12)4(5,6)7/h1H,3H2,(H,9,10). The average Bonchev–Trinajstić information content (AvgIpc) is 1.96. The molecule has 88 valence electrons. The molecule has 1 N–H and O–H groups in total. The molecular formula is C4H4F4NO4PS. The average molecular weight is 269 g/mol. The van der Waals surface area contributed by atoms with Gasteiger partial charge < -0.3 is 0 Å². The van der Waals surface area contributed by atoms with Crippen LogP contribution in [-0.2, 0) is 19.1 Å². The monoisotopic (exact) mass is 269 g/mol. The van der Waals surface area contributed by atoms with E-state index in [2.05, 4.69) is 10.9 Å². The molecule has 0 aromatic rings. The SMILES string of the molecule is C#CCOP(=O)(F)NS(=O)(=O)C(F)(F)F. The maximum absolute atomic E-state index is 12.6. The van der Waals surface area contributed by atoms with Gasteiger partial charge in [0.25, 0.3) is 0 Å². The van der Waals surface area contributed by atoms with Crippen molar-refractivity contribution in [2.45, 2.75) is 5.51 Å². The van der Waals surface area contributed by atoms with Gasteiger partial charge in [0, 0.05) is 0 Å². The van der Waals surface area contributed by atoms with Gasteiger partial charge in [0.2, 0.25) is 0 Å². The van der Waals surface area contributed by atoms with E-state index in [1.54, 1.807) is 5.92 Å². The molecule has 0 aliphatic rings. The summed E-state index contributed by atoms with van der Waals surface area (Å²) >= 11 is 0. The third-order valence-corrected chi connectivity index (χ3v) is 3.75. The van der Waals surface area contributed by atoms with Crippen LogP contribution in [0.1, 0.15) is 0 Å². The quantitative estimate of drug-likeness (QED) is 0.472. The largest absolute Gasteiger partial charge is 0.512 e. The van der Waals surface area contributed by atoms with Crippen LogP contribution in [0.25, 0.3) is 0 Å². The molecule has 0 bridgehead atoms. The van der Waals surface area contributed by atoms with Crippen molar-refractivity contribution in [3.63, 3.8) is 0 Å². The smallest absolute Gasteiger partial charge is 0.280 e. The Labute approximate surface area is 82.5 Å². The third kappa shape index (κ3) is 4.61. The summed E-state index contributed by atoms with van der Waals surface area (Å²) < 4.78 is 82.3. The lowest BCUT2D eigenvalue weighted by Crippen LogP contribution is -2.34. The summed E-state index contributed by atoms with van der Waals surface area (Å²) in [5.74, 6) is 1.60. The van der Waals surface area contributed by atoms with Crippen molar-refractivity contribution >= 4 is 17.9 Å². The number of rotatable bonds is 4. The summed E-state index contributed by atoms with van der Waals surface area (Å²) in [6.07, 6.45) is 4.52. The highest BCUT2D eigenvalue weighted by atomic mass is 32.2.